The summed E-state index contributed by atoms with van der Waals surface area (Å²) in [5, 5.41) is 1.11. The normalized spacial score (nSPS) is 10.4. The van der Waals surface area contributed by atoms with E-state index in [2.05, 4.69) is 53.3 Å². The Kier molecular flexibility index (Phi) is 4.51. The van der Waals surface area contributed by atoms with Gasteiger partial charge in [0.2, 0.25) is 0 Å². The molecule has 3 rings (SSSR count). The predicted octanol–water partition coefficient (Wildman–Crippen LogP) is 4.00. The van der Waals surface area contributed by atoms with Crippen molar-refractivity contribution in [2.45, 2.75) is 17.8 Å². The molecule has 0 spiro atoms. The maximum Gasteiger partial charge on any atom is 0.314 e. The molecule has 0 saturated carbocycles. The van der Waals surface area contributed by atoms with Gasteiger partial charge in [0, 0.05) is 5.75 Å². The van der Waals surface area contributed by atoms with Gasteiger partial charge in [0.15, 0.2) is 11.0 Å². The first-order valence-corrected chi connectivity index (χ1v) is 6.98. The number of imidazole rings is 1. The van der Waals surface area contributed by atoms with Crippen molar-refractivity contribution < 1.29 is 4.98 Å². The molecule has 0 aliphatic rings. The third kappa shape index (κ3) is 3.31. The zero-order valence-electron chi connectivity index (χ0n) is 10.6. The van der Waals surface area contributed by atoms with Crippen molar-refractivity contribution in [3.8, 4) is 0 Å². The number of benzene rings is 2. The van der Waals surface area contributed by atoms with Crippen LogP contribution < -0.4 is 4.98 Å². The molecule has 0 unspecified atom stereocenters. The van der Waals surface area contributed by atoms with Crippen molar-refractivity contribution in [1.29, 1.82) is 0 Å². The first-order valence-electron chi connectivity index (χ1n) is 6.00. The molecule has 0 radical (unpaired) electrons. The minimum atomic E-state index is 0. The number of aryl methyl sites for hydroxylation is 1. The first-order chi connectivity index (χ1) is 8.81. The summed E-state index contributed by atoms with van der Waals surface area (Å²) < 4.78 is 0. The monoisotopic (exact) mass is 291 g/mol. The second-order valence-corrected chi connectivity index (χ2v) is 5.38. The number of H-pyrrole nitrogens is 2. The van der Waals surface area contributed by atoms with Gasteiger partial charge in [0.05, 0.1) is 0 Å². The molecule has 0 aliphatic heterocycles. The lowest BCUT2D eigenvalue weighted by Crippen LogP contribution is -2.01. The molecule has 2 nitrogen and oxygen atoms in total. The largest absolute Gasteiger partial charge is 0.314 e. The lowest BCUT2D eigenvalue weighted by Gasteiger charge is -1.97. The Labute approximate surface area is 123 Å². The highest BCUT2D eigenvalue weighted by Gasteiger charge is 2.09. The van der Waals surface area contributed by atoms with Crippen molar-refractivity contribution in [3.05, 3.63) is 59.7 Å². The van der Waals surface area contributed by atoms with E-state index in [1.807, 2.05) is 12.1 Å². The molecule has 0 aliphatic carbocycles. The summed E-state index contributed by atoms with van der Waals surface area (Å²) in [6.07, 6.45) is 0. The van der Waals surface area contributed by atoms with E-state index in [1.54, 1.807) is 11.8 Å². The Morgan fingerprint density at radius 3 is 2.53 bits per heavy atom. The van der Waals surface area contributed by atoms with Crippen LogP contribution in [-0.2, 0) is 5.75 Å². The number of nitrogens with one attached hydrogen (secondary N) is 2. The summed E-state index contributed by atoms with van der Waals surface area (Å²) in [6.45, 7) is 2.11. The SMILES string of the molecule is Cc1ccc(CSc2[nH]c3ccccc3[nH+]2)cc1.Cl. The molecule has 0 atom stereocenters. The van der Waals surface area contributed by atoms with Crippen LogP contribution in [0.25, 0.3) is 11.0 Å². The quantitative estimate of drug-likeness (QED) is 0.726. The van der Waals surface area contributed by atoms with Crippen LogP contribution >= 0.6 is 24.2 Å². The number of aromatic amines is 2. The zero-order chi connectivity index (χ0) is 12.4. The molecule has 0 amide bonds. The minimum absolute atomic E-state index is 0. The van der Waals surface area contributed by atoms with Crippen molar-refractivity contribution in [1.82, 2.24) is 4.98 Å². The Bertz CT molecular complexity index is 628. The molecule has 19 heavy (non-hydrogen) atoms. The predicted molar refractivity (Wildman–Crippen MR) is 82.8 cm³/mol. The third-order valence-electron chi connectivity index (χ3n) is 2.93. The average Bonchev–Trinajstić information content (AvgIpc) is 2.81. The summed E-state index contributed by atoms with van der Waals surface area (Å²) in [5.74, 6) is 0.976. The second kappa shape index (κ2) is 6.13. The fourth-order valence-electron chi connectivity index (χ4n) is 1.89. The Balaban J connectivity index is 0.00000133. The molecule has 98 valence electrons. The Morgan fingerprint density at radius 1 is 1.05 bits per heavy atom. The maximum atomic E-state index is 3.38. The van der Waals surface area contributed by atoms with Crippen molar-refractivity contribution in [2.24, 2.45) is 0 Å². The lowest BCUT2D eigenvalue weighted by atomic mass is 10.2. The highest BCUT2D eigenvalue weighted by atomic mass is 35.5. The van der Waals surface area contributed by atoms with E-state index < -0.39 is 0 Å². The summed E-state index contributed by atoms with van der Waals surface area (Å²) in [4.78, 5) is 6.77. The summed E-state index contributed by atoms with van der Waals surface area (Å²) in [6, 6.07) is 16.9. The number of halogens is 1. The fraction of sp³-hybridized carbons (Fsp3) is 0.133. The molecule has 2 aromatic carbocycles. The molecule has 3 aromatic rings. The Morgan fingerprint density at radius 2 is 1.79 bits per heavy atom. The molecule has 1 aromatic heterocycles. The van der Waals surface area contributed by atoms with Gasteiger partial charge in [0.25, 0.3) is 0 Å². The van der Waals surface area contributed by atoms with Crippen LogP contribution in [0, 0.1) is 6.92 Å². The molecule has 0 bridgehead atoms. The van der Waals surface area contributed by atoms with Gasteiger partial charge in [-0.3, -0.25) is 0 Å². The highest BCUT2D eigenvalue weighted by Crippen LogP contribution is 2.20. The number of para-hydroxylation sites is 2. The van der Waals surface area contributed by atoms with Gasteiger partial charge >= 0.3 is 5.16 Å². The number of thioether (sulfide) groups is 1. The van der Waals surface area contributed by atoms with Crippen LogP contribution in [0.3, 0.4) is 0 Å². The van der Waals surface area contributed by atoms with E-state index in [1.165, 1.54) is 11.1 Å². The highest BCUT2D eigenvalue weighted by molar-refractivity contribution is 7.98. The van der Waals surface area contributed by atoms with E-state index in [0.29, 0.717) is 0 Å². The van der Waals surface area contributed by atoms with Gasteiger partial charge in [-0.05, 0) is 36.4 Å². The van der Waals surface area contributed by atoms with Crippen LogP contribution in [0.15, 0.2) is 53.7 Å². The van der Waals surface area contributed by atoms with E-state index in [4.69, 9.17) is 0 Å². The summed E-state index contributed by atoms with van der Waals surface area (Å²) in [5.41, 5.74) is 4.96. The number of aromatic nitrogens is 2. The second-order valence-electron chi connectivity index (χ2n) is 4.40. The number of hydrogen-bond acceptors (Lipinski definition) is 1. The number of hydrogen-bond donors (Lipinski definition) is 1. The van der Waals surface area contributed by atoms with Gasteiger partial charge < -0.3 is 0 Å². The number of rotatable bonds is 3. The zero-order valence-corrected chi connectivity index (χ0v) is 12.3. The molecular weight excluding hydrogens is 276 g/mol. The fourth-order valence-corrected chi connectivity index (χ4v) is 2.76. The van der Waals surface area contributed by atoms with E-state index in [9.17, 15) is 0 Å². The van der Waals surface area contributed by atoms with Gasteiger partial charge in [-0.1, -0.05) is 42.0 Å². The topological polar surface area (TPSA) is 29.9 Å². The van der Waals surface area contributed by atoms with Crippen molar-refractivity contribution >= 4 is 35.2 Å². The molecule has 0 fully saturated rings. The van der Waals surface area contributed by atoms with Crippen LogP contribution in [-0.4, -0.2) is 4.98 Å². The van der Waals surface area contributed by atoms with Crippen molar-refractivity contribution in [2.75, 3.05) is 0 Å². The van der Waals surface area contributed by atoms with E-state index in [0.717, 1.165) is 21.9 Å². The standard InChI is InChI=1S/C15H14N2S.ClH/c1-11-6-8-12(9-7-11)10-18-15-16-13-4-2-3-5-14(13)17-15;/h2-9H,10H2,1H3,(H,16,17);1H/p+1. The smallest absolute Gasteiger partial charge is 0.231 e. The molecule has 2 N–H and O–H groups in total. The van der Waals surface area contributed by atoms with Gasteiger partial charge in [-0.25, -0.2) is 9.97 Å². The molecule has 4 heteroatoms. The van der Waals surface area contributed by atoms with Crippen molar-refractivity contribution in [3.63, 3.8) is 0 Å². The van der Waals surface area contributed by atoms with Gasteiger partial charge in [-0.15, -0.1) is 12.4 Å². The van der Waals surface area contributed by atoms with Crippen LogP contribution in [0.4, 0.5) is 0 Å². The minimum Gasteiger partial charge on any atom is -0.231 e. The average molecular weight is 292 g/mol. The summed E-state index contributed by atoms with van der Waals surface area (Å²) in [7, 11) is 0. The van der Waals surface area contributed by atoms with E-state index in [-0.39, 0.29) is 12.4 Å². The molecule has 1 heterocycles. The molecule has 0 saturated heterocycles. The molecular formula is C15H16ClN2S+. The number of fused-ring (bicyclic) bond motifs is 1. The maximum absolute atomic E-state index is 3.38. The van der Waals surface area contributed by atoms with Crippen LogP contribution in [0.5, 0.6) is 0 Å². The van der Waals surface area contributed by atoms with Crippen LogP contribution in [0.2, 0.25) is 0 Å². The van der Waals surface area contributed by atoms with Gasteiger partial charge in [-0.2, -0.15) is 0 Å². The van der Waals surface area contributed by atoms with Gasteiger partial charge in [0.1, 0.15) is 0 Å². The van der Waals surface area contributed by atoms with Crippen LogP contribution in [0.1, 0.15) is 11.1 Å². The van der Waals surface area contributed by atoms with E-state index >= 15 is 0 Å². The third-order valence-corrected chi connectivity index (χ3v) is 3.90. The first kappa shape index (κ1) is 14.0. The Hall–Kier alpha value is -1.45. The summed E-state index contributed by atoms with van der Waals surface area (Å²) >= 11 is 1.79. The lowest BCUT2D eigenvalue weighted by molar-refractivity contribution is -0.396.